The number of pyridine rings is 1. The van der Waals surface area contributed by atoms with Gasteiger partial charge in [-0.1, -0.05) is 40.2 Å². The highest BCUT2D eigenvalue weighted by molar-refractivity contribution is 9.10. The van der Waals surface area contributed by atoms with E-state index < -0.39 is 0 Å². The third-order valence-electron chi connectivity index (χ3n) is 4.71. The SMILES string of the molecule is Cc1cc(=O)[nH]c(-c2cccc(NC(=O)c3ccc(-c4cccc(Br)c4)nc3C)c2)n1. The summed E-state index contributed by atoms with van der Waals surface area (Å²) in [6, 6.07) is 20.1. The van der Waals surface area contributed by atoms with Crippen molar-refractivity contribution in [2.75, 3.05) is 5.32 Å². The van der Waals surface area contributed by atoms with Crippen LogP contribution >= 0.6 is 15.9 Å². The van der Waals surface area contributed by atoms with Crippen LogP contribution in [0.15, 0.2) is 76.0 Å². The van der Waals surface area contributed by atoms with E-state index in [1.165, 1.54) is 6.07 Å². The number of aromatic amines is 1. The Bertz CT molecular complexity index is 1350. The van der Waals surface area contributed by atoms with E-state index in [0.29, 0.717) is 34.0 Å². The van der Waals surface area contributed by atoms with Gasteiger partial charge in [0.1, 0.15) is 5.82 Å². The molecule has 7 heteroatoms. The average molecular weight is 475 g/mol. The molecule has 0 atom stereocenters. The Hall–Kier alpha value is -3.58. The summed E-state index contributed by atoms with van der Waals surface area (Å²) >= 11 is 3.47. The topological polar surface area (TPSA) is 87.7 Å². The number of hydrogen-bond donors (Lipinski definition) is 2. The number of nitrogens with one attached hydrogen (secondary N) is 2. The van der Waals surface area contributed by atoms with E-state index in [-0.39, 0.29) is 11.5 Å². The molecule has 0 aliphatic rings. The number of halogens is 1. The lowest BCUT2D eigenvalue weighted by Gasteiger charge is -2.10. The molecule has 154 valence electrons. The Morgan fingerprint density at radius 2 is 1.71 bits per heavy atom. The molecule has 1 amide bonds. The van der Waals surface area contributed by atoms with E-state index >= 15 is 0 Å². The van der Waals surface area contributed by atoms with E-state index in [2.05, 4.69) is 36.2 Å². The fourth-order valence-electron chi connectivity index (χ4n) is 3.27. The second-order valence-corrected chi connectivity index (χ2v) is 8.03. The highest BCUT2D eigenvalue weighted by Gasteiger charge is 2.13. The first-order chi connectivity index (χ1) is 14.9. The molecule has 31 heavy (non-hydrogen) atoms. The molecule has 2 N–H and O–H groups in total. The number of H-pyrrole nitrogens is 1. The first-order valence-electron chi connectivity index (χ1n) is 9.62. The van der Waals surface area contributed by atoms with Crippen LogP contribution < -0.4 is 10.9 Å². The number of benzene rings is 2. The van der Waals surface area contributed by atoms with Crippen molar-refractivity contribution in [2.45, 2.75) is 13.8 Å². The van der Waals surface area contributed by atoms with Gasteiger partial charge in [-0.05, 0) is 50.2 Å². The summed E-state index contributed by atoms with van der Waals surface area (Å²) in [4.78, 5) is 36.3. The lowest BCUT2D eigenvalue weighted by Crippen LogP contribution is -2.14. The third-order valence-corrected chi connectivity index (χ3v) is 5.21. The molecule has 2 aromatic carbocycles. The van der Waals surface area contributed by atoms with Crippen molar-refractivity contribution in [3.63, 3.8) is 0 Å². The Kier molecular flexibility index (Phi) is 5.77. The van der Waals surface area contributed by atoms with Crippen LogP contribution in [0.2, 0.25) is 0 Å². The number of aryl methyl sites for hydroxylation is 2. The molecule has 0 fully saturated rings. The summed E-state index contributed by atoms with van der Waals surface area (Å²) < 4.78 is 0.968. The van der Waals surface area contributed by atoms with Gasteiger partial charge in [-0.25, -0.2) is 4.98 Å². The second-order valence-electron chi connectivity index (χ2n) is 7.11. The van der Waals surface area contributed by atoms with Crippen molar-refractivity contribution in [3.05, 3.63) is 98.5 Å². The zero-order valence-corrected chi connectivity index (χ0v) is 18.5. The van der Waals surface area contributed by atoms with Crippen molar-refractivity contribution in [1.29, 1.82) is 0 Å². The molecular formula is C24H19BrN4O2. The van der Waals surface area contributed by atoms with Gasteiger partial charge in [0.05, 0.1) is 17.0 Å². The highest BCUT2D eigenvalue weighted by Crippen LogP contribution is 2.24. The number of hydrogen-bond acceptors (Lipinski definition) is 4. The summed E-state index contributed by atoms with van der Waals surface area (Å²) in [6.45, 7) is 3.58. The maximum atomic E-state index is 12.9. The predicted octanol–water partition coefficient (Wildman–Crippen LogP) is 5.13. The molecule has 0 aliphatic carbocycles. The number of anilines is 1. The van der Waals surface area contributed by atoms with E-state index in [4.69, 9.17) is 0 Å². The quantitative estimate of drug-likeness (QED) is 0.429. The van der Waals surface area contributed by atoms with Gasteiger partial charge in [-0.15, -0.1) is 0 Å². The van der Waals surface area contributed by atoms with Gasteiger partial charge in [0.15, 0.2) is 0 Å². The molecule has 0 aliphatic heterocycles. The lowest BCUT2D eigenvalue weighted by molar-refractivity contribution is 0.102. The lowest BCUT2D eigenvalue weighted by atomic mass is 10.1. The second kappa shape index (κ2) is 8.65. The van der Waals surface area contributed by atoms with Crippen LogP contribution in [0.25, 0.3) is 22.6 Å². The van der Waals surface area contributed by atoms with Gasteiger partial charge >= 0.3 is 0 Å². The summed E-state index contributed by atoms with van der Waals surface area (Å²) in [7, 11) is 0. The van der Waals surface area contributed by atoms with E-state index in [0.717, 1.165) is 15.7 Å². The van der Waals surface area contributed by atoms with Gasteiger partial charge < -0.3 is 10.3 Å². The van der Waals surface area contributed by atoms with Gasteiger partial charge in [0, 0.05) is 33.0 Å². The van der Waals surface area contributed by atoms with Crippen LogP contribution in [-0.4, -0.2) is 20.9 Å². The Morgan fingerprint density at radius 1 is 0.935 bits per heavy atom. The van der Waals surface area contributed by atoms with Crippen molar-refractivity contribution < 1.29 is 4.79 Å². The van der Waals surface area contributed by atoms with Crippen LogP contribution in [0.1, 0.15) is 21.7 Å². The van der Waals surface area contributed by atoms with Gasteiger partial charge in [-0.3, -0.25) is 14.6 Å². The number of nitrogens with zero attached hydrogens (tertiary/aromatic N) is 2. The standard InChI is InChI=1S/C24H19BrN4O2/c1-14-11-22(30)29-23(26-14)17-6-4-8-19(13-17)28-24(31)20-9-10-21(27-15(20)2)16-5-3-7-18(25)12-16/h3-13H,1-2H3,(H,28,31)(H,26,29,30). The fraction of sp³-hybridized carbons (Fsp3) is 0.0833. The van der Waals surface area contributed by atoms with Crippen LogP contribution in [0.5, 0.6) is 0 Å². The average Bonchev–Trinajstić information content (AvgIpc) is 2.73. The fourth-order valence-corrected chi connectivity index (χ4v) is 3.67. The first-order valence-corrected chi connectivity index (χ1v) is 10.4. The van der Waals surface area contributed by atoms with E-state index in [1.54, 1.807) is 31.2 Å². The Morgan fingerprint density at radius 3 is 2.45 bits per heavy atom. The minimum absolute atomic E-state index is 0.218. The first kappa shape index (κ1) is 20.7. The smallest absolute Gasteiger partial charge is 0.257 e. The normalized spacial score (nSPS) is 10.7. The summed E-state index contributed by atoms with van der Waals surface area (Å²) in [5.41, 5.74) is 4.61. The molecule has 4 rings (SSSR count). The zero-order valence-electron chi connectivity index (χ0n) is 16.9. The van der Waals surface area contributed by atoms with Crippen LogP contribution in [0, 0.1) is 13.8 Å². The number of aromatic nitrogens is 3. The molecule has 4 aromatic rings. The van der Waals surface area contributed by atoms with E-state index in [9.17, 15) is 9.59 Å². The van der Waals surface area contributed by atoms with Crippen molar-refractivity contribution >= 4 is 27.5 Å². The van der Waals surface area contributed by atoms with Gasteiger partial charge in [0.25, 0.3) is 11.5 Å². The molecule has 6 nitrogen and oxygen atoms in total. The predicted molar refractivity (Wildman–Crippen MR) is 125 cm³/mol. The molecular weight excluding hydrogens is 456 g/mol. The maximum Gasteiger partial charge on any atom is 0.257 e. The molecule has 0 saturated heterocycles. The number of amides is 1. The number of carbonyl (C=O) groups is 1. The number of rotatable bonds is 4. The zero-order chi connectivity index (χ0) is 22.0. The molecule has 0 spiro atoms. The van der Waals surface area contributed by atoms with E-state index in [1.807, 2.05) is 43.3 Å². The summed E-state index contributed by atoms with van der Waals surface area (Å²) in [5, 5.41) is 2.90. The summed E-state index contributed by atoms with van der Waals surface area (Å²) in [6.07, 6.45) is 0. The number of carbonyl (C=O) groups excluding carboxylic acids is 1. The van der Waals surface area contributed by atoms with Crippen molar-refractivity contribution in [1.82, 2.24) is 15.0 Å². The van der Waals surface area contributed by atoms with Crippen LogP contribution in [0.4, 0.5) is 5.69 Å². The minimum Gasteiger partial charge on any atom is -0.322 e. The molecule has 0 bridgehead atoms. The molecule has 0 radical (unpaired) electrons. The van der Waals surface area contributed by atoms with Crippen molar-refractivity contribution in [3.8, 4) is 22.6 Å². The van der Waals surface area contributed by atoms with Crippen LogP contribution in [-0.2, 0) is 0 Å². The van der Waals surface area contributed by atoms with Crippen LogP contribution in [0.3, 0.4) is 0 Å². The highest BCUT2D eigenvalue weighted by atomic mass is 79.9. The molecule has 0 unspecified atom stereocenters. The van der Waals surface area contributed by atoms with Gasteiger partial charge in [0.2, 0.25) is 0 Å². The Labute approximate surface area is 187 Å². The molecule has 0 saturated carbocycles. The largest absolute Gasteiger partial charge is 0.322 e. The third kappa shape index (κ3) is 4.78. The Balaban J connectivity index is 1.58. The molecule has 2 heterocycles. The minimum atomic E-state index is -0.256. The van der Waals surface area contributed by atoms with Gasteiger partial charge in [-0.2, -0.15) is 0 Å². The maximum absolute atomic E-state index is 12.9. The molecule has 2 aromatic heterocycles. The summed E-state index contributed by atoms with van der Waals surface area (Å²) in [5.74, 6) is 0.200. The monoisotopic (exact) mass is 474 g/mol. The van der Waals surface area contributed by atoms with Crippen molar-refractivity contribution in [2.24, 2.45) is 0 Å².